The molecule has 0 fully saturated rings. The van der Waals surface area contributed by atoms with Gasteiger partial charge in [-0.15, -0.1) is 11.3 Å². The predicted octanol–water partition coefficient (Wildman–Crippen LogP) is 3.93. The number of carbonyl (C=O) groups excluding carboxylic acids is 2. The number of thiophene rings is 1. The first-order valence-corrected chi connectivity index (χ1v) is 9.47. The molecule has 0 spiro atoms. The van der Waals surface area contributed by atoms with Crippen LogP contribution in [-0.4, -0.2) is 33.2 Å². The Morgan fingerprint density at radius 1 is 1.11 bits per heavy atom. The smallest absolute Gasteiger partial charge is 0.341 e. The minimum atomic E-state index is -0.437. The number of methoxy groups -OCH3 is 3. The fourth-order valence-corrected chi connectivity index (χ4v) is 3.73. The SMILES string of the molecule is COC(=O)c1c(CC(C)C)csc1NC(=O)Cc1ccc(OC)c(OC)c1. The summed E-state index contributed by atoms with van der Waals surface area (Å²) < 4.78 is 15.4. The lowest BCUT2D eigenvalue weighted by Gasteiger charge is -2.11. The Hall–Kier alpha value is -2.54. The molecule has 0 bridgehead atoms. The maximum absolute atomic E-state index is 12.5. The highest BCUT2D eigenvalue weighted by Crippen LogP contribution is 2.31. The van der Waals surface area contributed by atoms with Gasteiger partial charge < -0.3 is 19.5 Å². The summed E-state index contributed by atoms with van der Waals surface area (Å²) in [5.41, 5.74) is 2.11. The molecular weight excluding hydrogens is 366 g/mol. The van der Waals surface area contributed by atoms with Crippen LogP contribution in [0.25, 0.3) is 0 Å². The maximum atomic E-state index is 12.5. The summed E-state index contributed by atoms with van der Waals surface area (Å²) in [5, 5.41) is 5.26. The van der Waals surface area contributed by atoms with Gasteiger partial charge in [-0.05, 0) is 41.0 Å². The molecule has 1 N–H and O–H groups in total. The van der Waals surface area contributed by atoms with E-state index in [0.717, 1.165) is 17.5 Å². The fourth-order valence-electron chi connectivity index (χ4n) is 2.75. The van der Waals surface area contributed by atoms with Crippen LogP contribution in [0.4, 0.5) is 5.00 Å². The summed E-state index contributed by atoms with van der Waals surface area (Å²) in [6, 6.07) is 5.33. The zero-order valence-corrected chi connectivity index (χ0v) is 17.1. The molecular formula is C20H25NO5S. The molecule has 6 nitrogen and oxygen atoms in total. The molecule has 0 aliphatic rings. The highest BCUT2D eigenvalue weighted by molar-refractivity contribution is 7.15. The molecule has 1 amide bonds. The molecule has 0 radical (unpaired) electrons. The zero-order chi connectivity index (χ0) is 20.0. The summed E-state index contributed by atoms with van der Waals surface area (Å²) in [6.45, 7) is 4.15. The van der Waals surface area contributed by atoms with Gasteiger partial charge >= 0.3 is 5.97 Å². The number of carbonyl (C=O) groups is 2. The van der Waals surface area contributed by atoms with E-state index in [0.29, 0.717) is 28.0 Å². The average molecular weight is 391 g/mol. The zero-order valence-electron chi connectivity index (χ0n) is 16.3. The third kappa shape index (κ3) is 5.23. The Bertz CT molecular complexity index is 813. The second-order valence-electron chi connectivity index (χ2n) is 6.47. The molecule has 1 heterocycles. The Balaban J connectivity index is 2.18. The van der Waals surface area contributed by atoms with E-state index in [1.54, 1.807) is 32.4 Å². The number of benzene rings is 1. The lowest BCUT2D eigenvalue weighted by atomic mass is 10.0. The van der Waals surface area contributed by atoms with Gasteiger partial charge in [0, 0.05) is 0 Å². The molecule has 1 aromatic carbocycles. The monoisotopic (exact) mass is 391 g/mol. The van der Waals surface area contributed by atoms with Crippen molar-refractivity contribution in [3.05, 3.63) is 40.3 Å². The van der Waals surface area contributed by atoms with E-state index in [-0.39, 0.29) is 12.3 Å². The third-order valence-corrected chi connectivity index (χ3v) is 4.89. The molecule has 7 heteroatoms. The lowest BCUT2D eigenvalue weighted by Crippen LogP contribution is -2.16. The predicted molar refractivity (Wildman–Crippen MR) is 106 cm³/mol. The highest BCUT2D eigenvalue weighted by Gasteiger charge is 2.22. The van der Waals surface area contributed by atoms with E-state index in [1.807, 2.05) is 5.38 Å². The Labute approximate surface area is 163 Å². The van der Waals surface area contributed by atoms with Gasteiger partial charge in [-0.2, -0.15) is 0 Å². The van der Waals surface area contributed by atoms with Crippen molar-refractivity contribution >= 4 is 28.2 Å². The molecule has 0 atom stereocenters. The van der Waals surface area contributed by atoms with Crippen LogP contribution in [0.3, 0.4) is 0 Å². The number of hydrogen-bond donors (Lipinski definition) is 1. The van der Waals surface area contributed by atoms with Crippen molar-refractivity contribution in [1.29, 1.82) is 0 Å². The molecule has 0 aliphatic carbocycles. The summed E-state index contributed by atoms with van der Waals surface area (Å²) >= 11 is 1.34. The quantitative estimate of drug-likeness (QED) is 0.690. The highest BCUT2D eigenvalue weighted by atomic mass is 32.1. The fraction of sp³-hybridized carbons (Fsp3) is 0.400. The van der Waals surface area contributed by atoms with Gasteiger partial charge in [-0.25, -0.2) is 4.79 Å². The van der Waals surface area contributed by atoms with Crippen LogP contribution in [0.5, 0.6) is 11.5 Å². The molecule has 0 unspecified atom stereocenters. The van der Waals surface area contributed by atoms with Gasteiger partial charge in [-0.1, -0.05) is 19.9 Å². The van der Waals surface area contributed by atoms with Crippen molar-refractivity contribution in [2.24, 2.45) is 5.92 Å². The minimum Gasteiger partial charge on any atom is -0.493 e. The van der Waals surface area contributed by atoms with Gasteiger partial charge in [0.15, 0.2) is 11.5 Å². The van der Waals surface area contributed by atoms with Gasteiger partial charge in [0.05, 0.1) is 33.3 Å². The lowest BCUT2D eigenvalue weighted by molar-refractivity contribution is -0.115. The van der Waals surface area contributed by atoms with Crippen molar-refractivity contribution < 1.29 is 23.8 Å². The molecule has 0 saturated heterocycles. The van der Waals surface area contributed by atoms with Gasteiger partial charge in [0.25, 0.3) is 0 Å². The Morgan fingerprint density at radius 3 is 2.41 bits per heavy atom. The van der Waals surface area contributed by atoms with E-state index < -0.39 is 5.97 Å². The molecule has 27 heavy (non-hydrogen) atoms. The molecule has 146 valence electrons. The number of ether oxygens (including phenoxy) is 3. The molecule has 2 aromatic rings. The summed E-state index contributed by atoms with van der Waals surface area (Å²) in [7, 11) is 4.45. The van der Waals surface area contributed by atoms with Crippen LogP contribution in [0.2, 0.25) is 0 Å². The van der Waals surface area contributed by atoms with E-state index in [1.165, 1.54) is 18.4 Å². The van der Waals surface area contributed by atoms with E-state index in [4.69, 9.17) is 14.2 Å². The van der Waals surface area contributed by atoms with Crippen LogP contribution in [-0.2, 0) is 22.4 Å². The summed E-state index contributed by atoms with van der Waals surface area (Å²) in [5.74, 6) is 0.900. The second-order valence-corrected chi connectivity index (χ2v) is 7.35. The van der Waals surface area contributed by atoms with Crippen LogP contribution in [0, 0.1) is 5.92 Å². The number of anilines is 1. The number of rotatable bonds is 8. The molecule has 0 aliphatic heterocycles. The number of hydrogen-bond acceptors (Lipinski definition) is 6. The topological polar surface area (TPSA) is 73.9 Å². The average Bonchev–Trinajstić information content (AvgIpc) is 3.02. The van der Waals surface area contributed by atoms with E-state index in [9.17, 15) is 9.59 Å². The van der Waals surface area contributed by atoms with Crippen molar-refractivity contribution in [3.8, 4) is 11.5 Å². The Kier molecular flexibility index (Phi) is 7.24. The first-order valence-electron chi connectivity index (χ1n) is 8.59. The first-order chi connectivity index (χ1) is 12.9. The maximum Gasteiger partial charge on any atom is 0.341 e. The van der Waals surface area contributed by atoms with Crippen molar-refractivity contribution in [1.82, 2.24) is 0 Å². The standard InChI is InChI=1S/C20H25NO5S/c1-12(2)8-14-11-27-19(18(14)20(23)26-5)21-17(22)10-13-6-7-15(24-3)16(9-13)25-4/h6-7,9,11-12H,8,10H2,1-5H3,(H,21,22). The third-order valence-electron chi connectivity index (χ3n) is 3.95. The van der Waals surface area contributed by atoms with Gasteiger partial charge in [0.1, 0.15) is 5.00 Å². The normalized spacial score (nSPS) is 10.6. The van der Waals surface area contributed by atoms with Crippen LogP contribution >= 0.6 is 11.3 Å². The molecule has 1 aromatic heterocycles. The van der Waals surface area contributed by atoms with Crippen LogP contribution < -0.4 is 14.8 Å². The number of nitrogens with one attached hydrogen (secondary N) is 1. The molecule has 0 saturated carbocycles. The first kappa shape index (κ1) is 20.8. The summed E-state index contributed by atoms with van der Waals surface area (Å²) in [6.07, 6.45) is 0.894. The van der Waals surface area contributed by atoms with Crippen LogP contribution in [0.15, 0.2) is 23.6 Å². The van der Waals surface area contributed by atoms with Crippen molar-refractivity contribution in [3.63, 3.8) is 0 Å². The summed E-state index contributed by atoms with van der Waals surface area (Å²) in [4.78, 5) is 24.7. The van der Waals surface area contributed by atoms with Crippen molar-refractivity contribution in [2.45, 2.75) is 26.7 Å². The largest absolute Gasteiger partial charge is 0.493 e. The number of esters is 1. The Morgan fingerprint density at radius 2 is 1.81 bits per heavy atom. The van der Waals surface area contributed by atoms with Crippen molar-refractivity contribution in [2.75, 3.05) is 26.6 Å². The minimum absolute atomic E-state index is 0.151. The van der Waals surface area contributed by atoms with E-state index in [2.05, 4.69) is 19.2 Å². The van der Waals surface area contributed by atoms with Gasteiger partial charge in [0.2, 0.25) is 5.91 Å². The molecule has 2 rings (SSSR count). The van der Waals surface area contributed by atoms with E-state index >= 15 is 0 Å². The second kappa shape index (κ2) is 9.41. The van der Waals surface area contributed by atoms with Crippen LogP contribution in [0.1, 0.15) is 35.3 Å². The number of amides is 1. The van der Waals surface area contributed by atoms with Gasteiger partial charge in [-0.3, -0.25) is 4.79 Å².